The van der Waals surface area contributed by atoms with Crippen LogP contribution in [-0.2, 0) is 4.74 Å². The highest BCUT2D eigenvalue weighted by Gasteiger charge is 2.15. The Kier molecular flexibility index (Phi) is 5.49. The third kappa shape index (κ3) is 4.05. The zero-order chi connectivity index (χ0) is 15.9. The van der Waals surface area contributed by atoms with Gasteiger partial charge in [0, 0.05) is 0 Å². The van der Waals surface area contributed by atoms with Crippen molar-refractivity contribution in [3.8, 4) is 5.75 Å². The molecule has 1 atom stereocenters. The van der Waals surface area contributed by atoms with Crippen molar-refractivity contribution >= 4 is 5.97 Å². The van der Waals surface area contributed by atoms with Crippen LogP contribution in [0.2, 0.25) is 0 Å². The summed E-state index contributed by atoms with van der Waals surface area (Å²) in [6.45, 7) is 1.94. The second kappa shape index (κ2) is 7.56. The maximum absolute atomic E-state index is 12.9. The number of aliphatic hydroxyl groups is 1. The normalized spacial score (nSPS) is 11.8. The zero-order valence-corrected chi connectivity index (χ0v) is 12.2. The summed E-state index contributed by atoms with van der Waals surface area (Å²) in [5.74, 6) is -0.513. The Bertz CT molecular complexity index is 625. The molecule has 0 amide bonds. The standard InChI is InChI=1S/C17H17FO4/c1-2-21-17(20)14-5-3-4-6-16(14)22-11-15(19)12-7-9-13(18)10-8-12/h3-10,15,19H,2,11H2,1H3. The lowest BCUT2D eigenvalue weighted by molar-refractivity contribution is 0.0515. The fraction of sp³-hybridized carbons (Fsp3) is 0.235. The molecule has 0 heterocycles. The number of carbonyl (C=O) groups excluding carboxylic acids is 1. The molecule has 4 nitrogen and oxygen atoms in total. The second-order valence-corrected chi connectivity index (χ2v) is 4.59. The first-order valence-electron chi connectivity index (χ1n) is 6.94. The summed E-state index contributed by atoms with van der Waals surface area (Å²) in [6, 6.07) is 12.2. The van der Waals surface area contributed by atoms with Crippen LogP contribution in [-0.4, -0.2) is 24.3 Å². The molecule has 0 saturated heterocycles. The van der Waals surface area contributed by atoms with Crippen LogP contribution < -0.4 is 4.74 Å². The highest BCUT2D eigenvalue weighted by atomic mass is 19.1. The number of esters is 1. The van der Waals surface area contributed by atoms with Crippen LogP contribution in [0.15, 0.2) is 48.5 Å². The van der Waals surface area contributed by atoms with Crippen molar-refractivity contribution in [1.82, 2.24) is 0 Å². The Morgan fingerprint density at radius 3 is 2.55 bits per heavy atom. The van der Waals surface area contributed by atoms with Gasteiger partial charge in [-0.1, -0.05) is 24.3 Å². The number of ether oxygens (including phenoxy) is 2. The average Bonchev–Trinajstić information content (AvgIpc) is 2.54. The van der Waals surface area contributed by atoms with Crippen molar-refractivity contribution in [2.45, 2.75) is 13.0 Å². The van der Waals surface area contributed by atoms with Gasteiger partial charge in [0.15, 0.2) is 0 Å². The molecule has 0 aromatic heterocycles. The van der Waals surface area contributed by atoms with Crippen molar-refractivity contribution in [3.05, 3.63) is 65.5 Å². The van der Waals surface area contributed by atoms with E-state index < -0.39 is 12.1 Å². The number of benzene rings is 2. The zero-order valence-electron chi connectivity index (χ0n) is 12.2. The first-order chi connectivity index (χ1) is 10.6. The number of para-hydroxylation sites is 1. The molecule has 0 fully saturated rings. The minimum atomic E-state index is -0.921. The average molecular weight is 304 g/mol. The molecule has 0 spiro atoms. The molecule has 116 valence electrons. The van der Waals surface area contributed by atoms with Gasteiger partial charge in [-0.25, -0.2) is 9.18 Å². The molecule has 22 heavy (non-hydrogen) atoms. The van der Waals surface area contributed by atoms with Gasteiger partial charge < -0.3 is 14.6 Å². The number of rotatable bonds is 6. The SMILES string of the molecule is CCOC(=O)c1ccccc1OCC(O)c1ccc(F)cc1. The summed E-state index contributed by atoms with van der Waals surface area (Å²) in [5.41, 5.74) is 0.839. The minimum absolute atomic E-state index is 0.0535. The molecule has 1 unspecified atom stereocenters. The Morgan fingerprint density at radius 1 is 1.18 bits per heavy atom. The van der Waals surface area contributed by atoms with Gasteiger partial charge in [-0.15, -0.1) is 0 Å². The van der Waals surface area contributed by atoms with Gasteiger partial charge in [0.1, 0.15) is 29.8 Å². The molecule has 5 heteroatoms. The van der Waals surface area contributed by atoms with Crippen LogP contribution in [0.3, 0.4) is 0 Å². The molecule has 0 aliphatic rings. The fourth-order valence-corrected chi connectivity index (χ4v) is 1.92. The van der Waals surface area contributed by atoms with Crippen LogP contribution in [0.25, 0.3) is 0 Å². The van der Waals surface area contributed by atoms with E-state index in [-0.39, 0.29) is 19.0 Å². The maximum Gasteiger partial charge on any atom is 0.341 e. The third-order valence-electron chi connectivity index (χ3n) is 3.03. The van der Waals surface area contributed by atoms with Gasteiger partial charge in [-0.2, -0.15) is 0 Å². The van der Waals surface area contributed by atoms with E-state index in [1.54, 1.807) is 31.2 Å². The predicted molar refractivity (Wildman–Crippen MR) is 79.3 cm³/mol. The number of aliphatic hydroxyl groups excluding tert-OH is 1. The van der Waals surface area contributed by atoms with E-state index in [4.69, 9.17) is 9.47 Å². The lowest BCUT2D eigenvalue weighted by Crippen LogP contribution is -2.13. The molecule has 2 rings (SSSR count). The van der Waals surface area contributed by atoms with E-state index in [1.807, 2.05) is 0 Å². The Labute approximate surface area is 128 Å². The third-order valence-corrected chi connectivity index (χ3v) is 3.03. The quantitative estimate of drug-likeness (QED) is 0.833. The molecule has 0 aliphatic carbocycles. The molecule has 1 N–H and O–H groups in total. The summed E-state index contributed by atoms with van der Waals surface area (Å²) in [7, 11) is 0. The summed E-state index contributed by atoms with van der Waals surface area (Å²) < 4.78 is 23.3. The van der Waals surface area contributed by atoms with Crippen molar-refractivity contribution in [2.24, 2.45) is 0 Å². The van der Waals surface area contributed by atoms with Crippen LogP contribution in [0, 0.1) is 5.82 Å². The van der Waals surface area contributed by atoms with E-state index in [9.17, 15) is 14.3 Å². The van der Waals surface area contributed by atoms with Crippen LogP contribution >= 0.6 is 0 Å². The summed E-state index contributed by atoms with van der Waals surface area (Å²) in [4.78, 5) is 11.8. The van der Waals surface area contributed by atoms with E-state index in [2.05, 4.69) is 0 Å². The maximum atomic E-state index is 12.9. The highest BCUT2D eigenvalue weighted by Crippen LogP contribution is 2.21. The lowest BCUT2D eigenvalue weighted by atomic mass is 10.1. The van der Waals surface area contributed by atoms with Crippen LogP contribution in [0.1, 0.15) is 28.9 Å². The molecule has 0 saturated carbocycles. The molecule has 0 radical (unpaired) electrons. The number of hydrogen-bond donors (Lipinski definition) is 1. The first-order valence-corrected chi connectivity index (χ1v) is 6.94. The number of halogens is 1. The molecule has 0 aliphatic heterocycles. The van der Waals surface area contributed by atoms with Gasteiger partial charge in [0.25, 0.3) is 0 Å². The van der Waals surface area contributed by atoms with Crippen molar-refractivity contribution < 1.29 is 23.8 Å². The molecule has 0 bridgehead atoms. The Hall–Kier alpha value is -2.40. The van der Waals surface area contributed by atoms with Crippen molar-refractivity contribution in [2.75, 3.05) is 13.2 Å². The van der Waals surface area contributed by atoms with E-state index in [1.165, 1.54) is 24.3 Å². The van der Waals surface area contributed by atoms with Gasteiger partial charge in [-0.3, -0.25) is 0 Å². The second-order valence-electron chi connectivity index (χ2n) is 4.59. The summed E-state index contributed by atoms with van der Waals surface area (Å²) in [6.07, 6.45) is -0.921. The monoisotopic (exact) mass is 304 g/mol. The predicted octanol–water partition coefficient (Wildman–Crippen LogP) is 3.11. The summed E-state index contributed by atoms with van der Waals surface area (Å²) >= 11 is 0. The Balaban J connectivity index is 2.05. The first kappa shape index (κ1) is 16.0. The van der Waals surface area contributed by atoms with Gasteiger partial charge in [0.05, 0.1) is 6.61 Å². The number of carbonyl (C=O) groups is 1. The fourth-order valence-electron chi connectivity index (χ4n) is 1.92. The smallest absolute Gasteiger partial charge is 0.341 e. The van der Waals surface area contributed by atoms with E-state index >= 15 is 0 Å². The minimum Gasteiger partial charge on any atom is -0.490 e. The topological polar surface area (TPSA) is 55.8 Å². The molecule has 2 aromatic carbocycles. The number of hydrogen-bond acceptors (Lipinski definition) is 4. The van der Waals surface area contributed by atoms with Crippen molar-refractivity contribution in [3.63, 3.8) is 0 Å². The van der Waals surface area contributed by atoms with Gasteiger partial charge in [-0.05, 0) is 36.8 Å². The summed E-state index contributed by atoms with van der Waals surface area (Å²) in [5, 5.41) is 10.0. The van der Waals surface area contributed by atoms with E-state index in [0.29, 0.717) is 16.9 Å². The van der Waals surface area contributed by atoms with Crippen LogP contribution in [0.5, 0.6) is 5.75 Å². The van der Waals surface area contributed by atoms with Crippen molar-refractivity contribution in [1.29, 1.82) is 0 Å². The highest BCUT2D eigenvalue weighted by molar-refractivity contribution is 5.92. The molecular formula is C17H17FO4. The molecule has 2 aromatic rings. The lowest BCUT2D eigenvalue weighted by Gasteiger charge is -2.14. The van der Waals surface area contributed by atoms with Gasteiger partial charge >= 0.3 is 5.97 Å². The molecular weight excluding hydrogens is 287 g/mol. The van der Waals surface area contributed by atoms with Gasteiger partial charge in [0.2, 0.25) is 0 Å². The Morgan fingerprint density at radius 2 is 1.86 bits per heavy atom. The largest absolute Gasteiger partial charge is 0.490 e. The van der Waals surface area contributed by atoms with E-state index in [0.717, 1.165) is 0 Å². The van der Waals surface area contributed by atoms with Crippen LogP contribution in [0.4, 0.5) is 4.39 Å².